The second-order valence-corrected chi connectivity index (χ2v) is 6.43. The monoisotopic (exact) mass is 363 g/mol. The summed E-state index contributed by atoms with van der Waals surface area (Å²) in [7, 11) is 1.30. The zero-order valence-electron chi connectivity index (χ0n) is 14.5. The molecule has 1 saturated carbocycles. The fraction of sp³-hybridized carbons (Fsp3) is 0.529. The lowest BCUT2D eigenvalue weighted by atomic mass is 10.1. The normalized spacial score (nSPS) is 19.7. The second kappa shape index (κ2) is 7.69. The van der Waals surface area contributed by atoms with Gasteiger partial charge in [0.15, 0.2) is 0 Å². The Morgan fingerprint density at radius 2 is 2.19 bits per heavy atom. The van der Waals surface area contributed by atoms with Gasteiger partial charge in [-0.1, -0.05) is 0 Å². The average Bonchev–Trinajstić information content (AvgIpc) is 3.45. The molecule has 9 nitrogen and oxygen atoms in total. The van der Waals surface area contributed by atoms with Gasteiger partial charge in [-0.05, 0) is 25.0 Å². The number of hydrogen-bond acceptors (Lipinski definition) is 7. The van der Waals surface area contributed by atoms with Crippen molar-refractivity contribution in [1.29, 1.82) is 0 Å². The molecule has 2 aliphatic rings. The molecule has 140 valence electrons. The van der Waals surface area contributed by atoms with E-state index in [0.29, 0.717) is 18.8 Å². The fourth-order valence-electron chi connectivity index (χ4n) is 2.86. The molecular formula is C17H21N3O6. The molecule has 1 heterocycles. The topological polar surface area (TPSA) is 111 Å². The minimum Gasteiger partial charge on any atom is -0.469 e. The molecule has 1 amide bonds. The van der Waals surface area contributed by atoms with Gasteiger partial charge in [-0.2, -0.15) is 0 Å². The van der Waals surface area contributed by atoms with E-state index >= 15 is 0 Å². The van der Waals surface area contributed by atoms with Gasteiger partial charge in [-0.25, -0.2) is 0 Å². The lowest BCUT2D eigenvalue weighted by molar-refractivity contribution is -0.384. The lowest BCUT2D eigenvalue weighted by Gasteiger charge is -2.32. The number of morpholine rings is 1. The zero-order chi connectivity index (χ0) is 18.7. The van der Waals surface area contributed by atoms with Crippen LogP contribution >= 0.6 is 0 Å². The third-order valence-corrected chi connectivity index (χ3v) is 4.43. The zero-order valence-corrected chi connectivity index (χ0v) is 14.5. The van der Waals surface area contributed by atoms with Gasteiger partial charge in [0.2, 0.25) is 0 Å². The highest BCUT2D eigenvalue weighted by molar-refractivity contribution is 5.96. The number of methoxy groups -OCH3 is 1. The number of nitrogens with zero attached hydrogens (tertiary/aromatic N) is 2. The third kappa shape index (κ3) is 4.29. The maximum Gasteiger partial charge on any atom is 0.308 e. The Hall–Kier alpha value is -2.68. The molecule has 2 fully saturated rings. The van der Waals surface area contributed by atoms with Gasteiger partial charge in [-0.15, -0.1) is 0 Å². The minimum atomic E-state index is -0.485. The van der Waals surface area contributed by atoms with Crippen molar-refractivity contribution in [3.05, 3.63) is 33.9 Å². The number of hydrogen-bond donors (Lipinski definition) is 1. The van der Waals surface area contributed by atoms with Crippen molar-refractivity contribution in [3.63, 3.8) is 0 Å². The van der Waals surface area contributed by atoms with E-state index in [1.807, 2.05) is 0 Å². The van der Waals surface area contributed by atoms with E-state index in [1.165, 1.54) is 13.2 Å². The van der Waals surface area contributed by atoms with Crippen LogP contribution in [-0.2, 0) is 14.3 Å². The molecule has 1 atom stereocenters. The van der Waals surface area contributed by atoms with Crippen molar-refractivity contribution in [3.8, 4) is 0 Å². The molecule has 1 aliphatic heterocycles. The number of rotatable bonds is 6. The summed E-state index contributed by atoms with van der Waals surface area (Å²) in [6.07, 6.45) is 1.61. The van der Waals surface area contributed by atoms with E-state index in [4.69, 9.17) is 4.74 Å². The molecule has 1 aromatic carbocycles. The lowest BCUT2D eigenvalue weighted by Crippen LogP contribution is -2.46. The highest BCUT2D eigenvalue weighted by Gasteiger charge is 2.29. The van der Waals surface area contributed by atoms with Crippen molar-refractivity contribution >= 4 is 23.3 Å². The molecule has 0 aromatic heterocycles. The predicted molar refractivity (Wildman–Crippen MR) is 92.0 cm³/mol. The van der Waals surface area contributed by atoms with E-state index in [1.54, 1.807) is 17.0 Å². The van der Waals surface area contributed by atoms with Crippen molar-refractivity contribution in [2.75, 3.05) is 32.1 Å². The van der Waals surface area contributed by atoms with Crippen LogP contribution in [0.4, 0.5) is 11.4 Å². The Bertz CT molecular complexity index is 718. The molecular weight excluding hydrogens is 342 g/mol. The Kier molecular flexibility index (Phi) is 5.36. The number of ether oxygens (including phenoxy) is 2. The van der Waals surface area contributed by atoms with Gasteiger partial charge >= 0.3 is 5.97 Å². The minimum absolute atomic E-state index is 0.0602. The fourth-order valence-corrected chi connectivity index (χ4v) is 2.86. The van der Waals surface area contributed by atoms with Gasteiger partial charge in [0.05, 0.1) is 31.2 Å². The van der Waals surface area contributed by atoms with Crippen LogP contribution in [0.3, 0.4) is 0 Å². The van der Waals surface area contributed by atoms with Crippen LogP contribution in [0.25, 0.3) is 0 Å². The van der Waals surface area contributed by atoms with Gasteiger partial charge in [0.1, 0.15) is 5.69 Å². The Morgan fingerprint density at radius 3 is 2.85 bits per heavy atom. The number of carbonyl (C=O) groups excluding carboxylic acids is 2. The first-order valence-electron chi connectivity index (χ1n) is 8.50. The van der Waals surface area contributed by atoms with Crippen LogP contribution in [-0.4, -0.2) is 60.7 Å². The van der Waals surface area contributed by atoms with Crippen molar-refractivity contribution in [2.24, 2.45) is 0 Å². The summed E-state index contributed by atoms with van der Waals surface area (Å²) in [5.74, 6) is -0.723. The summed E-state index contributed by atoms with van der Waals surface area (Å²) in [6.45, 7) is 0.910. The molecule has 3 rings (SSSR count). The van der Waals surface area contributed by atoms with E-state index < -0.39 is 17.0 Å². The Balaban J connectivity index is 1.73. The summed E-state index contributed by atoms with van der Waals surface area (Å²) in [5.41, 5.74) is 0.568. The second-order valence-electron chi connectivity index (χ2n) is 6.43. The molecule has 9 heteroatoms. The van der Waals surface area contributed by atoms with E-state index in [2.05, 4.69) is 10.1 Å². The largest absolute Gasteiger partial charge is 0.469 e. The first kappa shape index (κ1) is 18.1. The highest BCUT2D eigenvalue weighted by Crippen LogP contribution is 2.32. The van der Waals surface area contributed by atoms with Crippen LogP contribution < -0.4 is 5.32 Å². The maximum absolute atomic E-state index is 12.7. The van der Waals surface area contributed by atoms with Crippen LogP contribution in [0.15, 0.2) is 18.2 Å². The van der Waals surface area contributed by atoms with Gasteiger partial charge < -0.3 is 19.7 Å². The smallest absolute Gasteiger partial charge is 0.308 e. The van der Waals surface area contributed by atoms with E-state index in [9.17, 15) is 19.7 Å². The van der Waals surface area contributed by atoms with Gasteiger partial charge in [0, 0.05) is 30.8 Å². The number of nitrogens with one attached hydrogen (secondary N) is 1. The predicted octanol–water partition coefficient (Wildman–Crippen LogP) is 1.57. The third-order valence-electron chi connectivity index (χ3n) is 4.43. The van der Waals surface area contributed by atoms with Crippen LogP contribution in [0.2, 0.25) is 0 Å². The highest BCUT2D eigenvalue weighted by atomic mass is 16.6. The molecule has 26 heavy (non-hydrogen) atoms. The maximum atomic E-state index is 12.7. The number of amides is 1. The number of carbonyl (C=O) groups is 2. The Morgan fingerprint density at radius 1 is 1.42 bits per heavy atom. The summed E-state index contributed by atoms with van der Waals surface area (Å²) in [4.78, 5) is 36.5. The molecule has 1 saturated heterocycles. The Labute approximate surface area is 150 Å². The molecule has 0 radical (unpaired) electrons. The number of nitro benzene ring substituents is 1. The number of esters is 1. The van der Waals surface area contributed by atoms with Crippen molar-refractivity contribution in [1.82, 2.24) is 4.90 Å². The summed E-state index contributed by atoms with van der Waals surface area (Å²) >= 11 is 0. The van der Waals surface area contributed by atoms with Gasteiger partial charge in [-0.3, -0.25) is 19.7 Å². The summed E-state index contributed by atoms with van der Waals surface area (Å²) in [5, 5.41) is 14.5. The molecule has 0 spiro atoms. The molecule has 1 aliphatic carbocycles. The van der Waals surface area contributed by atoms with Crippen LogP contribution in [0, 0.1) is 10.1 Å². The first-order valence-corrected chi connectivity index (χ1v) is 8.50. The standard InChI is InChI=1S/C17H21N3O6/c1-25-16(21)9-13-10-19(6-7-26-13)17(22)11-2-5-14(18-12-3-4-12)15(8-11)20(23)24/h2,5,8,12-13,18H,3-4,6-7,9-10H2,1H3/t13-/m1/s1. The van der Waals surface area contributed by atoms with Crippen molar-refractivity contribution < 1.29 is 24.0 Å². The number of anilines is 1. The van der Waals surface area contributed by atoms with Crippen LogP contribution in [0.1, 0.15) is 29.6 Å². The van der Waals surface area contributed by atoms with Gasteiger partial charge in [0.25, 0.3) is 11.6 Å². The van der Waals surface area contributed by atoms with Crippen molar-refractivity contribution in [2.45, 2.75) is 31.4 Å². The molecule has 0 unspecified atom stereocenters. The van der Waals surface area contributed by atoms with Crippen LogP contribution in [0.5, 0.6) is 0 Å². The molecule has 1 aromatic rings. The SMILES string of the molecule is COC(=O)C[C@@H]1CN(C(=O)c2ccc(NC3CC3)c([N+](=O)[O-])c2)CCO1. The quantitative estimate of drug-likeness (QED) is 0.464. The van der Waals surface area contributed by atoms with E-state index in [0.717, 1.165) is 12.8 Å². The summed E-state index contributed by atoms with van der Waals surface area (Å²) in [6, 6.07) is 4.74. The first-order chi connectivity index (χ1) is 12.5. The summed E-state index contributed by atoms with van der Waals surface area (Å²) < 4.78 is 10.1. The van der Waals surface area contributed by atoms with E-state index in [-0.39, 0.29) is 36.2 Å². The average molecular weight is 363 g/mol. The number of benzene rings is 1. The molecule has 0 bridgehead atoms. The number of nitro groups is 1. The molecule has 1 N–H and O–H groups in total.